The first kappa shape index (κ1) is 9.71. The molecule has 58 valence electrons. The van der Waals surface area contributed by atoms with E-state index in [-0.39, 0.29) is 4.38 Å². The molecule has 0 radical (unpaired) electrons. The normalized spacial score (nSPS) is 8.60. The predicted octanol–water partition coefficient (Wildman–Crippen LogP) is 1.81. The Kier molecular flexibility index (Phi) is 5.33. The van der Waals surface area contributed by atoms with Gasteiger partial charge in [-0.15, -0.1) is 0 Å². The molecule has 5 heteroatoms. The molecule has 0 atom stereocenters. The van der Waals surface area contributed by atoms with Gasteiger partial charge >= 0.3 is 5.30 Å². The molecule has 0 rings (SSSR count). The van der Waals surface area contributed by atoms with Crippen LogP contribution in [0.1, 0.15) is 6.92 Å². The molecule has 0 amide bonds. The maximum atomic E-state index is 10.6. The van der Waals surface area contributed by atoms with Crippen LogP contribution in [-0.4, -0.2) is 23.4 Å². The van der Waals surface area contributed by atoms with Crippen LogP contribution in [0, 0.1) is 0 Å². The van der Waals surface area contributed by atoms with Gasteiger partial charge in [-0.05, 0) is 19.1 Å². The molecule has 0 saturated carbocycles. The third-order valence-corrected chi connectivity index (χ3v) is 1.63. The molecule has 0 unspecified atom stereocenters. The van der Waals surface area contributed by atoms with E-state index in [4.69, 9.17) is 0 Å². The highest BCUT2D eigenvalue weighted by atomic mass is 32.2. The molecule has 0 aromatic rings. The molecule has 0 heterocycles. The van der Waals surface area contributed by atoms with Crippen LogP contribution in [0.5, 0.6) is 0 Å². The van der Waals surface area contributed by atoms with Gasteiger partial charge in [0, 0.05) is 11.8 Å². The summed E-state index contributed by atoms with van der Waals surface area (Å²) in [7, 11) is 1.41. The molecule has 0 spiro atoms. The Balaban J connectivity index is 3.47. The van der Waals surface area contributed by atoms with E-state index in [0.717, 1.165) is 11.8 Å². The van der Waals surface area contributed by atoms with Crippen LogP contribution in [0.15, 0.2) is 0 Å². The minimum absolute atomic E-state index is 0.179. The Bertz CT molecular complexity index is 135. The van der Waals surface area contributed by atoms with Gasteiger partial charge in [-0.2, -0.15) is 0 Å². The van der Waals surface area contributed by atoms with Crippen LogP contribution in [0.3, 0.4) is 0 Å². The zero-order valence-electron chi connectivity index (χ0n) is 5.75. The summed E-state index contributed by atoms with van der Waals surface area (Å²) in [5.74, 6) is 0. The van der Waals surface area contributed by atoms with Crippen molar-refractivity contribution < 1.29 is 14.3 Å². The fourth-order valence-corrected chi connectivity index (χ4v) is 0.857. The fraction of sp³-hybridized carbons (Fsp3) is 0.600. The van der Waals surface area contributed by atoms with Gasteiger partial charge in [0.2, 0.25) is 4.38 Å². The van der Waals surface area contributed by atoms with E-state index in [2.05, 4.69) is 21.7 Å². The second kappa shape index (κ2) is 5.49. The van der Waals surface area contributed by atoms with Crippen molar-refractivity contribution in [3.05, 3.63) is 0 Å². The first-order valence-corrected chi connectivity index (χ1v) is 3.85. The molecule has 0 saturated heterocycles. The molecule has 10 heavy (non-hydrogen) atoms. The summed E-state index contributed by atoms with van der Waals surface area (Å²) in [6, 6.07) is 0. The minimum atomic E-state index is -0.422. The number of carbonyl (C=O) groups excluding carboxylic acids is 1. The Hall–Kier alpha value is -0.290. The SMILES string of the molecule is CCOC(=O)SC(=S)OC. The highest BCUT2D eigenvalue weighted by Crippen LogP contribution is 2.08. The van der Waals surface area contributed by atoms with Gasteiger partial charge in [0.25, 0.3) is 0 Å². The van der Waals surface area contributed by atoms with E-state index in [9.17, 15) is 4.79 Å². The molecule has 0 aromatic carbocycles. The Morgan fingerprint density at radius 3 is 2.70 bits per heavy atom. The van der Waals surface area contributed by atoms with Crippen molar-refractivity contribution >= 4 is 33.7 Å². The molecule has 0 N–H and O–H groups in total. The molecule has 0 aliphatic rings. The van der Waals surface area contributed by atoms with Gasteiger partial charge in [-0.3, -0.25) is 0 Å². The van der Waals surface area contributed by atoms with Crippen molar-refractivity contribution in [2.45, 2.75) is 6.92 Å². The van der Waals surface area contributed by atoms with Gasteiger partial charge in [0.1, 0.15) is 0 Å². The zero-order chi connectivity index (χ0) is 7.98. The van der Waals surface area contributed by atoms with E-state index < -0.39 is 5.30 Å². The van der Waals surface area contributed by atoms with Gasteiger partial charge < -0.3 is 9.47 Å². The highest BCUT2D eigenvalue weighted by Gasteiger charge is 2.06. The fourth-order valence-electron chi connectivity index (χ4n) is 0.257. The van der Waals surface area contributed by atoms with Gasteiger partial charge in [-0.1, -0.05) is 0 Å². The lowest BCUT2D eigenvalue weighted by molar-refractivity contribution is 0.181. The number of methoxy groups -OCH3 is 1. The van der Waals surface area contributed by atoms with Crippen LogP contribution in [0.4, 0.5) is 4.79 Å². The van der Waals surface area contributed by atoms with Crippen LogP contribution in [0.25, 0.3) is 0 Å². The third kappa shape index (κ3) is 4.58. The first-order chi connectivity index (χ1) is 4.70. The topological polar surface area (TPSA) is 35.5 Å². The largest absolute Gasteiger partial charge is 0.482 e. The maximum absolute atomic E-state index is 10.6. The summed E-state index contributed by atoms with van der Waals surface area (Å²) in [5.41, 5.74) is 0. The van der Waals surface area contributed by atoms with Crippen molar-refractivity contribution in [2.75, 3.05) is 13.7 Å². The second-order valence-electron chi connectivity index (χ2n) is 1.24. The van der Waals surface area contributed by atoms with E-state index in [1.54, 1.807) is 6.92 Å². The summed E-state index contributed by atoms with van der Waals surface area (Å²) in [6.07, 6.45) is 0. The minimum Gasteiger partial charge on any atom is -0.482 e. The maximum Gasteiger partial charge on any atom is 0.375 e. The van der Waals surface area contributed by atoms with Gasteiger partial charge in [-0.25, -0.2) is 4.79 Å². The summed E-state index contributed by atoms with van der Waals surface area (Å²) in [6.45, 7) is 2.09. The Morgan fingerprint density at radius 2 is 2.30 bits per heavy atom. The van der Waals surface area contributed by atoms with E-state index in [1.165, 1.54) is 7.11 Å². The molecular formula is C5H8O3S2. The number of rotatable bonds is 1. The Labute approximate surface area is 69.1 Å². The van der Waals surface area contributed by atoms with Gasteiger partial charge in [0.05, 0.1) is 13.7 Å². The monoisotopic (exact) mass is 180 g/mol. The molecule has 3 nitrogen and oxygen atoms in total. The number of carbonyl (C=O) groups is 1. The molecule has 0 aliphatic carbocycles. The van der Waals surface area contributed by atoms with E-state index >= 15 is 0 Å². The quantitative estimate of drug-likeness (QED) is 0.454. The van der Waals surface area contributed by atoms with Crippen molar-refractivity contribution in [3.8, 4) is 0 Å². The second-order valence-corrected chi connectivity index (χ2v) is 2.78. The number of hydrogen-bond donors (Lipinski definition) is 0. The smallest absolute Gasteiger partial charge is 0.375 e. The average Bonchev–Trinajstić information content (AvgIpc) is 1.88. The van der Waals surface area contributed by atoms with E-state index in [1.807, 2.05) is 0 Å². The number of thioether (sulfide) groups is 1. The summed E-state index contributed by atoms with van der Waals surface area (Å²) in [5, 5.41) is -0.422. The van der Waals surface area contributed by atoms with Crippen molar-refractivity contribution in [3.63, 3.8) is 0 Å². The molecule has 0 aliphatic heterocycles. The van der Waals surface area contributed by atoms with Crippen LogP contribution >= 0.6 is 24.0 Å². The molecule has 0 bridgehead atoms. The number of hydrogen-bond acceptors (Lipinski definition) is 5. The summed E-state index contributed by atoms with van der Waals surface area (Å²) >= 11 is 5.36. The third-order valence-electron chi connectivity index (χ3n) is 0.596. The average molecular weight is 180 g/mol. The molecule has 0 fully saturated rings. The standard InChI is InChI=1S/C5H8O3S2/c1-3-8-4(6)10-5(9)7-2/h3H2,1-2H3. The van der Waals surface area contributed by atoms with Gasteiger partial charge in [0.15, 0.2) is 0 Å². The van der Waals surface area contributed by atoms with Crippen LogP contribution in [0.2, 0.25) is 0 Å². The Morgan fingerprint density at radius 1 is 1.70 bits per heavy atom. The van der Waals surface area contributed by atoms with Crippen molar-refractivity contribution in [2.24, 2.45) is 0 Å². The molecular weight excluding hydrogens is 172 g/mol. The lowest BCUT2D eigenvalue weighted by atomic mass is 10.9. The zero-order valence-corrected chi connectivity index (χ0v) is 7.38. The predicted molar refractivity (Wildman–Crippen MR) is 44.2 cm³/mol. The molecule has 0 aromatic heterocycles. The van der Waals surface area contributed by atoms with Crippen molar-refractivity contribution in [1.82, 2.24) is 0 Å². The van der Waals surface area contributed by atoms with Crippen molar-refractivity contribution in [1.29, 1.82) is 0 Å². The number of thiocarbonyl (C=S) groups is 1. The first-order valence-electron chi connectivity index (χ1n) is 2.63. The highest BCUT2D eigenvalue weighted by molar-refractivity contribution is 8.32. The summed E-state index contributed by atoms with van der Waals surface area (Å²) < 4.78 is 9.31. The lowest BCUT2D eigenvalue weighted by Crippen LogP contribution is -2.01. The summed E-state index contributed by atoms with van der Waals surface area (Å²) in [4.78, 5) is 10.6. The van der Waals surface area contributed by atoms with Crippen LogP contribution in [-0.2, 0) is 9.47 Å². The van der Waals surface area contributed by atoms with E-state index in [0.29, 0.717) is 6.61 Å². The number of ether oxygens (including phenoxy) is 2. The lowest BCUT2D eigenvalue weighted by Gasteiger charge is -1.99. The van der Waals surface area contributed by atoms with Crippen LogP contribution < -0.4 is 0 Å².